The van der Waals surface area contributed by atoms with Crippen molar-refractivity contribution in [2.75, 3.05) is 0 Å². The molecule has 2 aromatic rings. The number of H-pyrrole nitrogens is 1. The Morgan fingerprint density at radius 1 is 1.47 bits per heavy atom. The van der Waals surface area contributed by atoms with Crippen molar-refractivity contribution in [3.8, 4) is 5.75 Å². The standard InChI is InChI=1S/C11H9NO3/c1-6(14)10-9(15)3-2-7-4-8(5-13)12-11(7)10/h2-5,12,15H,1H3. The first-order valence-electron chi connectivity index (χ1n) is 4.44. The molecule has 0 saturated heterocycles. The lowest BCUT2D eigenvalue weighted by atomic mass is 10.1. The number of nitrogens with one attached hydrogen (secondary N) is 1. The Kier molecular flexibility index (Phi) is 2.04. The number of phenols is 1. The van der Waals surface area contributed by atoms with E-state index in [0.717, 1.165) is 5.39 Å². The van der Waals surface area contributed by atoms with Crippen LogP contribution in [0, 0.1) is 0 Å². The summed E-state index contributed by atoms with van der Waals surface area (Å²) in [6.45, 7) is 1.37. The second kappa shape index (κ2) is 3.24. The van der Waals surface area contributed by atoms with E-state index < -0.39 is 0 Å². The first kappa shape index (κ1) is 9.45. The van der Waals surface area contributed by atoms with Crippen molar-refractivity contribution in [1.82, 2.24) is 4.98 Å². The van der Waals surface area contributed by atoms with E-state index in [2.05, 4.69) is 4.98 Å². The van der Waals surface area contributed by atoms with Gasteiger partial charge in [-0.2, -0.15) is 0 Å². The Morgan fingerprint density at radius 2 is 2.20 bits per heavy atom. The topological polar surface area (TPSA) is 70.2 Å². The van der Waals surface area contributed by atoms with Crippen LogP contribution in [0.3, 0.4) is 0 Å². The molecule has 2 rings (SSSR count). The van der Waals surface area contributed by atoms with Crippen molar-refractivity contribution in [1.29, 1.82) is 0 Å². The molecule has 0 aliphatic rings. The van der Waals surface area contributed by atoms with Gasteiger partial charge in [0.05, 0.1) is 16.8 Å². The van der Waals surface area contributed by atoms with Gasteiger partial charge in [0.15, 0.2) is 12.1 Å². The summed E-state index contributed by atoms with van der Waals surface area (Å²) >= 11 is 0. The lowest BCUT2D eigenvalue weighted by Gasteiger charge is -2.01. The number of rotatable bonds is 2. The van der Waals surface area contributed by atoms with Crippen molar-refractivity contribution in [2.24, 2.45) is 0 Å². The number of fused-ring (bicyclic) bond motifs is 1. The largest absolute Gasteiger partial charge is 0.507 e. The number of carbonyl (C=O) groups excluding carboxylic acids is 2. The summed E-state index contributed by atoms with van der Waals surface area (Å²) in [7, 11) is 0. The number of aromatic hydroxyl groups is 1. The maximum atomic E-state index is 11.3. The van der Waals surface area contributed by atoms with Crippen LogP contribution in [-0.2, 0) is 0 Å². The zero-order chi connectivity index (χ0) is 11.0. The van der Waals surface area contributed by atoms with Gasteiger partial charge >= 0.3 is 0 Å². The van der Waals surface area contributed by atoms with E-state index in [4.69, 9.17) is 0 Å². The minimum absolute atomic E-state index is 0.0747. The average molecular weight is 203 g/mol. The fourth-order valence-electron chi connectivity index (χ4n) is 1.63. The molecule has 0 radical (unpaired) electrons. The van der Waals surface area contributed by atoms with Gasteiger partial charge in [-0.1, -0.05) is 0 Å². The van der Waals surface area contributed by atoms with Gasteiger partial charge in [0.2, 0.25) is 0 Å². The lowest BCUT2D eigenvalue weighted by molar-refractivity contribution is 0.101. The normalized spacial score (nSPS) is 10.5. The Balaban J connectivity index is 2.85. The number of carbonyl (C=O) groups is 2. The van der Waals surface area contributed by atoms with Crippen molar-refractivity contribution < 1.29 is 14.7 Å². The van der Waals surface area contributed by atoms with Crippen LogP contribution in [0.4, 0.5) is 0 Å². The summed E-state index contributed by atoms with van der Waals surface area (Å²) in [6.07, 6.45) is 0.668. The minimum atomic E-state index is -0.239. The number of aromatic nitrogens is 1. The molecule has 2 N–H and O–H groups in total. The van der Waals surface area contributed by atoms with Crippen LogP contribution in [0.15, 0.2) is 18.2 Å². The van der Waals surface area contributed by atoms with Crippen LogP contribution in [0.2, 0.25) is 0 Å². The quantitative estimate of drug-likeness (QED) is 0.578. The highest BCUT2D eigenvalue weighted by Gasteiger charge is 2.13. The molecule has 15 heavy (non-hydrogen) atoms. The molecule has 4 nitrogen and oxygen atoms in total. The number of aromatic amines is 1. The summed E-state index contributed by atoms with van der Waals surface area (Å²) in [4.78, 5) is 24.7. The third kappa shape index (κ3) is 1.40. The summed E-state index contributed by atoms with van der Waals surface area (Å²) in [5.74, 6) is -0.313. The maximum Gasteiger partial charge on any atom is 0.166 e. The van der Waals surface area contributed by atoms with Gasteiger partial charge in [-0.25, -0.2) is 0 Å². The number of Topliss-reactive ketones (excluding diaryl/α,β-unsaturated/α-hetero) is 1. The molecule has 0 fully saturated rings. The molecule has 1 heterocycles. The summed E-state index contributed by atoms with van der Waals surface area (Å²) in [5, 5.41) is 10.3. The molecule has 0 bridgehead atoms. The van der Waals surface area contributed by atoms with Crippen LogP contribution in [-0.4, -0.2) is 22.2 Å². The minimum Gasteiger partial charge on any atom is -0.507 e. The number of phenolic OH excluding ortho intramolecular Hbond substituents is 1. The van der Waals surface area contributed by atoms with E-state index in [1.54, 1.807) is 12.1 Å². The molecular formula is C11H9NO3. The predicted molar refractivity (Wildman–Crippen MR) is 55.4 cm³/mol. The zero-order valence-corrected chi connectivity index (χ0v) is 8.07. The molecule has 0 saturated carbocycles. The molecule has 0 amide bonds. The molecule has 4 heteroatoms. The SMILES string of the molecule is CC(=O)c1c(O)ccc2cc(C=O)[nH]c12. The molecule has 76 valence electrons. The van der Waals surface area contributed by atoms with Gasteiger partial charge in [-0.15, -0.1) is 0 Å². The molecule has 1 aromatic heterocycles. The van der Waals surface area contributed by atoms with Gasteiger partial charge < -0.3 is 10.1 Å². The Bertz CT molecular complexity index is 554. The maximum absolute atomic E-state index is 11.3. The third-order valence-electron chi connectivity index (χ3n) is 2.27. The van der Waals surface area contributed by atoms with E-state index in [-0.39, 0.29) is 17.1 Å². The van der Waals surface area contributed by atoms with E-state index in [0.29, 0.717) is 17.5 Å². The van der Waals surface area contributed by atoms with Crippen LogP contribution in [0.1, 0.15) is 27.8 Å². The van der Waals surface area contributed by atoms with Crippen molar-refractivity contribution in [3.63, 3.8) is 0 Å². The Labute approximate surface area is 85.5 Å². The van der Waals surface area contributed by atoms with Crippen molar-refractivity contribution in [3.05, 3.63) is 29.5 Å². The van der Waals surface area contributed by atoms with Crippen LogP contribution in [0.5, 0.6) is 5.75 Å². The van der Waals surface area contributed by atoms with Crippen LogP contribution >= 0.6 is 0 Å². The Morgan fingerprint density at radius 3 is 2.80 bits per heavy atom. The van der Waals surface area contributed by atoms with Gasteiger partial charge in [-0.05, 0) is 25.1 Å². The second-order valence-corrected chi connectivity index (χ2v) is 3.32. The molecule has 0 spiro atoms. The Hall–Kier alpha value is -2.10. The lowest BCUT2D eigenvalue weighted by Crippen LogP contribution is -1.94. The van der Waals surface area contributed by atoms with Crippen molar-refractivity contribution in [2.45, 2.75) is 6.92 Å². The highest BCUT2D eigenvalue weighted by atomic mass is 16.3. The first-order chi connectivity index (χ1) is 7.13. The van der Waals surface area contributed by atoms with E-state index in [1.165, 1.54) is 13.0 Å². The monoisotopic (exact) mass is 203 g/mol. The summed E-state index contributed by atoms with van der Waals surface area (Å²) in [6, 6.07) is 4.73. The third-order valence-corrected chi connectivity index (χ3v) is 2.27. The number of benzene rings is 1. The smallest absolute Gasteiger partial charge is 0.166 e. The van der Waals surface area contributed by atoms with E-state index in [9.17, 15) is 14.7 Å². The first-order valence-corrected chi connectivity index (χ1v) is 4.44. The molecular weight excluding hydrogens is 194 g/mol. The average Bonchev–Trinajstić information content (AvgIpc) is 2.59. The highest BCUT2D eigenvalue weighted by molar-refractivity contribution is 6.09. The van der Waals surface area contributed by atoms with Gasteiger partial charge in [0.1, 0.15) is 5.75 Å². The van der Waals surface area contributed by atoms with Crippen LogP contribution in [0.25, 0.3) is 10.9 Å². The summed E-state index contributed by atoms with van der Waals surface area (Å²) < 4.78 is 0. The molecule has 0 atom stereocenters. The van der Waals surface area contributed by atoms with Crippen molar-refractivity contribution >= 4 is 23.0 Å². The van der Waals surface area contributed by atoms with Gasteiger partial charge in [0, 0.05) is 5.39 Å². The number of hydrogen-bond donors (Lipinski definition) is 2. The fraction of sp³-hybridized carbons (Fsp3) is 0.0909. The fourth-order valence-corrected chi connectivity index (χ4v) is 1.63. The van der Waals surface area contributed by atoms with Gasteiger partial charge in [0.25, 0.3) is 0 Å². The summed E-state index contributed by atoms with van der Waals surface area (Å²) in [5.41, 5.74) is 1.11. The van der Waals surface area contributed by atoms with Gasteiger partial charge in [-0.3, -0.25) is 9.59 Å². The van der Waals surface area contributed by atoms with E-state index in [1.807, 2.05) is 0 Å². The number of ketones is 1. The van der Waals surface area contributed by atoms with E-state index >= 15 is 0 Å². The molecule has 0 aliphatic carbocycles. The molecule has 0 unspecified atom stereocenters. The highest BCUT2D eigenvalue weighted by Crippen LogP contribution is 2.27. The molecule has 0 aliphatic heterocycles. The number of hydrogen-bond acceptors (Lipinski definition) is 3. The zero-order valence-electron chi connectivity index (χ0n) is 8.07. The van der Waals surface area contributed by atoms with Crippen LogP contribution < -0.4 is 0 Å². The number of aldehydes is 1. The predicted octanol–water partition coefficient (Wildman–Crippen LogP) is 1.89. The second-order valence-electron chi connectivity index (χ2n) is 3.32. The molecule has 1 aromatic carbocycles.